The highest BCUT2D eigenvalue weighted by atomic mass is 35.5. The average molecular weight is 487 g/mol. The molecule has 0 unspecified atom stereocenters. The maximum absolute atomic E-state index is 12.4. The van der Waals surface area contributed by atoms with Gasteiger partial charge >= 0.3 is 0 Å². The fourth-order valence-electron chi connectivity index (χ4n) is 3.32. The van der Waals surface area contributed by atoms with Gasteiger partial charge in [-0.3, -0.25) is 9.59 Å². The van der Waals surface area contributed by atoms with E-state index in [1.165, 1.54) is 11.3 Å². The first-order chi connectivity index (χ1) is 16.0. The number of nitrogens with zero attached hydrogens (tertiary/aromatic N) is 2. The Morgan fingerprint density at radius 2 is 1.94 bits per heavy atom. The maximum Gasteiger partial charge on any atom is 0.286 e. The molecule has 1 aliphatic rings. The third-order valence-corrected chi connectivity index (χ3v) is 6.20. The molecule has 8 nitrogen and oxygen atoms in total. The lowest BCUT2D eigenvalue weighted by Gasteiger charge is -2.21. The molecule has 4 rings (SSSR count). The molecule has 0 radical (unpaired) electrons. The Morgan fingerprint density at radius 3 is 2.76 bits per heavy atom. The smallest absolute Gasteiger partial charge is 0.286 e. The SMILES string of the molecule is C[C@@H](NC(=O)CCCc1nnc(C(=O)Nc2cccc(Cl)c2)s1)c1ccc2c(c1)OCCO2. The number of amides is 2. The van der Waals surface area contributed by atoms with E-state index in [1.54, 1.807) is 24.3 Å². The molecule has 1 atom stereocenters. The van der Waals surface area contributed by atoms with Gasteiger partial charge in [0.25, 0.3) is 5.91 Å². The summed E-state index contributed by atoms with van der Waals surface area (Å²) in [6, 6.07) is 12.4. The number of hydrogen-bond donors (Lipinski definition) is 2. The van der Waals surface area contributed by atoms with E-state index in [9.17, 15) is 9.59 Å². The van der Waals surface area contributed by atoms with Gasteiger partial charge in [0.2, 0.25) is 10.9 Å². The lowest BCUT2D eigenvalue weighted by atomic mass is 10.1. The molecule has 0 aliphatic carbocycles. The van der Waals surface area contributed by atoms with Gasteiger partial charge in [-0.15, -0.1) is 10.2 Å². The second-order valence-corrected chi connectivity index (χ2v) is 9.01. The minimum absolute atomic E-state index is 0.0548. The van der Waals surface area contributed by atoms with Gasteiger partial charge < -0.3 is 20.1 Å². The molecule has 33 heavy (non-hydrogen) atoms. The van der Waals surface area contributed by atoms with Crippen LogP contribution in [0.25, 0.3) is 0 Å². The van der Waals surface area contributed by atoms with E-state index in [1.807, 2.05) is 25.1 Å². The number of carbonyl (C=O) groups is 2. The Hall–Kier alpha value is -3.17. The van der Waals surface area contributed by atoms with E-state index in [0.717, 1.165) is 11.3 Å². The number of fused-ring (bicyclic) bond motifs is 1. The van der Waals surface area contributed by atoms with Crippen molar-refractivity contribution < 1.29 is 19.1 Å². The van der Waals surface area contributed by atoms with E-state index in [-0.39, 0.29) is 22.9 Å². The van der Waals surface area contributed by atoms with Crippen LogP contribution in [-0.2, 0) is 11.2 Å². The molecule has 0 saturated carbocycles. The minimum atomic E-state index is -0.341. The summed E-state index contributed by atoms with van der Waals surface area (Å²) in [5.41, 5.74) is 1.54. The number of aromatic nitrogens is 2. The van der Waals surface area contributed by atoms with Crippen LogP contribution in [0, 0.1) is 0 Å². The van der Waals surface area contributed by atoms with Crippen molar-refractivity contribution in [1.29, 1.82) is 0 Å². The fraction of sp³-hybridized carbons (Fsp3) is 0.304. The molecular weight excluding hydrogens is 464 g/mol. The number of rotatable bonds is 8. The summed E-state index contributed by atoms with van der Waals surface area (Å²) >= 11 is 7.15. The van der Waals surface area contributed by atoms with Crippen molar-refractivity contribution >= 4 is 40.4 Å². The topological polar surface area (TPSA) is 102 Å². The zero-order valence-corrected chi connectivity index (χ0v) is 19.5. The van der Waals surface area contributed by atoms with Crippen LogP contribution in [-0.4, -0.2) is 35.2 Å². The number of aryl methyl sites for hydroxylation is 1. The Balaban J connectivity index is 1.23. The molecule has 172 valence electrons. The van der Waals surface area contributed by atoms with Crippen molar-refractivity contribution in [3.8, 4) is 11.5 Å². The van der Waals surface area contributed by atoms with Crippen LogP contribution in [0.5, 0.6) is 11.5 Å². The van der Waals surface area contributed by atoms with E-state index in [4.69, 9.17) is 21.1 Å². The molecular formula is C23H23ClN4O4S. The maximum atomic E-state index is 12.4. The molecule has 0 saturated heterocycles. The van der Waals surface area contributed by atoms with Crippen LogP contribution in [0.1, 0.15) is 46.2 Å². The van der Waals surface area contributed by atoms with Gasteiger partial charge in [0.1, 0.15) is 18.2 Å². The highest BCUT2D eigenvalue weighted by Gasteiger charge is 2.17. The van der Waals surface area contributed by atoms with Gasteiger partial charge in [0, 0.05) is 23.6 Å². The summed E-state index contributed by atoms with van der Waals surface area (Å²) in [6.07, 6.45) is 1.51. The number of hydrogen-bond acceptors (Lipinski definition) is 7. The van der Waals surface area contributed by atoms with Crippen LogP contribution in [0.2, 0.25) is 5.02 Å². The van der Waals surface area contributed by atoms with Gasteiger partial charge in [-0.05, 0) is 49.2 Å². The van der Waals surface area contributed by atoms with Crippen LogP contribution in [0.15, 0.2) is 42.5 Å². The van der Waals surface area contributed by atoms with Crippen LogP contribution in [0.4, 0.5) is 5.69 Å². The Labute approximate surface area is 200 Å². The summed E-state index contributed by atoms with van der Waals surface area (Å²) in [6.45, 7) is 2.99. The molecule has 2 amide bonds. The normalized spacial score (nSPS) is 13.3. The molecule has 2 aromatic carbocycles. The van der Waals surface area contributed by atoms with Crippen molar-refractivity contribution in [3.63, 3.8) is 0 Å². The van der Waals surface area contributed by atoms with Gasteiger partial charge in [-0.25, -0.2) is 0 Å². The second kappa shape index (κ2) is 10.6. The Kier molecular flexibility index (Phi) is 7.41. The lowest BCUT2D eigenvalue weighted by Crippen LogP contribution is -2.26. The van der Waals surface area contributed by atoms with E-state index in [2.05, 4.69) is 20.8 Å². The van der Waals surface area contributed by atoms with Crippen molar-refractivity contribution in [2.45, 2.75) is 32.2 Å². The first-order valence-corrected chi connectivity index (χ1v) is 11.8. The van der Waals surface area contributed by atoms with Crippen molar-refractivity contribution in [2.24, 2.45) is 0 Å². The van der Waals surface area contributed by atoms with Crippen LogP contribution in [0.3, 0.4) is 0 Å². The van der Waals surface area contributed by atoms with Crippen molar-refractivity contribution in [3.05, 3.63) is 63.1 Å². The zero-order chi connectivity index (χ0) is 23.2. The van der Waals surface area contributed by atoms with Crippen molar-refractivity contribution in [1.82, 2.24) is 15.5 Å². The minimum Gasteiger partial charge on any atom is -0.486 e. The summed E-state index contributed by atoms with van der Waals surface area (Å²) in [4.78, 5) is 24.7. The van der Waals surface area contributed by atoms with E-state index >= 15 is 0 Å². The number of benzene rings is 2. The van der Waals surface area contributed by atoms with Crippen LogP contribution >= 0.6 is 22.9 Å². The first-order valence-electron chi connectivity index (χ1n) is 10.6. The van der Waals surface area contributed by atoms with Gasteiger partial charge in [0.15, 0.2) is 11.5 Å². The molecule has 0 spiro atoms. The van der Waals surface area contributed by atoms with Gasteiger partial charge in [-0.1, -0.05) is 35.1 Å². The average Bonchev–Trinajstić information content (AvgIpc) is 3.28. The third-order valence-electron chi connectivity index (χ3n) is 4.98. The molecule has 2 N–H and O–H groups in total. The largest absolute Gasteiger partial charge is 0.486 e. The van der Waals surface area contributed by atoms with E-state index < -0.39 is 0 Å². The molecule has 10 heteroatoms. The molecule has 2 heterocycles. The number of ether oxygens (including phenoxy) is 2. The molecule has 1 aliphatic heterocycles. The van der Waals surface area contributed by atoms with Gasteiger partial charge in [-0.2, -0.15) is 0 Å². The lowest BCUT2D eigenvalue weighted by molar-refractivity contribution is -0.121. The fourth-order valence-corrected chi connectivity index (χ4v) is 4.29. The standard InChI is InChI=1S/C23H23ClN4O4S/c1-14(15-8-9-18-19(12-15)32-11-10-31-18)25-20(29)6-3-7-21-27-28-23(33-21)22(30)26-17-5-2-4-16(24)13-17/h2,4-5,8-9,12-14H,3,6-7,10-11H2,1H3,(H,25,29)(H,26,30)/t14-/m1/s1. The van der Waals surface area contributed by atoms with Crippen molar-refractivity contribution in [2.75, 3.05) is 18.5 Å². The summed E-state index contributed by atoms with van der Waals surface area (Å²) in [5, 5.41) is 15.3. The predicted molar refractivity (Wildman–Crippen MR) is 126 cm³/mol. The first kappa shape index (κ1) is 23.0. The monoisotopic (exact) mass is 486 g/mol. The number of halogens is 1. The van der Waals surface area contributed by atoms with Gasteiger partial charge in [0.05, 0.1) is 6.04 Å². The number of nitrogens with one attached hydrogen (secondary N) is 2. The summed E-state index contributed by atoms with van der Waals surface area (Å²) in [5.74, 6) is 1.03. The number of carbonyl (C=O) groups excluding carboxylic acids is 2. The predicted octanol–water partition coefficient (Wildman–Crippen LogP) is 4.42. The Morgan fingerprint density at radius 1 is 1.12 bits per heavy atom. The summed E-state index contributed by atoms with van der Waals surface area (Å²) < 4.78 is 11.1. The second-order valence-electron chi connectivity index (χ2n) is 7.51. The molecule has 1 aromatic heterocycles. The number of anilines is 1. The molecule has 3 aromatic rings. The quantitative estimate of drug-likeness (QED) is 0.488. The van der Waals surface area contributed by atoms with Crippen LogP contribution < -0.4 is 20.1 Å². The highest BCUT2D eigenvalue weighted by Crippen LogP contribution is 2.32. The Bertz CT molecular complexity index is 1150. The summed E-state index contributed by atoms with van der Waals surface area (Å²) in [7, 11) is 0. The third kappa shape index (κ3) is 6.21. The van der Waals surface area contributed by atoms with E-state index in [0.29, 0.717) is 53.9 Å². The molecule has 0 fully saturated rings. The zero-order valence-electron chi connectivity index (χ0n) is 18.0. The molecule has 0 bridgehead atoms. The highest BCUT2D eigenvalue weighted by molar-refractivity contribution is 7.13.